The van der Waals surface area contributed by atoms with Gasteiger partial charge in [-0.2, -0.15) is 0 Å². The lowest BCUT2D eigenvalue weighted by Gasteiger charge is -2.07. The normalized spacial score (nSPS) is 10.5. The summed E-state index contributed by atoms with van der Waals surface area (Å²) in [7, 11) is 0. The minimum absolute atomic E-state index is 0.146. The van der Waals surface area contributed by atoms with Crippen molar-refractivity contribution in [2.75, 3.05) is 5.32 Å². The zero-order valence-electron chi connectivity index (χ0n) is 13.4. The Morgan fingerprint density at radius 3 is 2.64 bits per heavy atom. The van der Waals surface area contributed by atoms with Crippen LogP contribution in [0.25, 0.3) is 0 Å². The third kappa shape index (κ3) is 4.48. The predicted octanol–water partition coefficient (Wildman–Crippen LogP) is 5.32. The highest BCUT2D eigenvalue weighted by molar-refractivity contribution is 9.10. The van der Waals surface area contributed by atoms with Crippen molar-refractivity contribution in [2.24, 2.45) is 0 Å². The van der Waals surface area contributed by atoms with Crippen LogP contribution in [0.3, 0.4) is 0 Å². The molecule has 1 aromatic heterocycles. The predicted molar refractivity (Wildman–Crippen MR) is 96.3 cm³/mol. The summed E-state index contributed by atoms with van der Waals surface area (Å²) in [5.74, 6) is 0.527. The van der Waals surface area contributed by atoms with E-state index in [1.54, 1.807) is 12.1 Å². The van der Waals surface area contributed by atoms with Crippen LogP contribution in [0.1, 0.15) is 21.9 Å². The fraction of sp³-hybridized carbons (Fsp3) is 0.105. The number of anilines is 1. The lowest BCUT2D eigenvalue weighted by atomic mass is 10.2. The van der Waals surface area contributed by atoms with Gasteiger partial charge in [0.2, 0.25) is 0 Å². The number of carbonyl (C=O) groups excluding carboxylic acids is 1. The molecule has 1 heterocycles. The standard InChI is InChI=1S/C19H15BrFNO3/c1-12-2-8-17(16(20)10-12)22-19(23)18-9-7-15(25-18)11-24-14-5-3-13(21)4-6-14/h2-10H,11H2,1H3,(H,22,23). The zero-order valence-corrected chi connectivity index (χ0v) is 15.0. The Labute approximate surface area is 152 Å². The van der Waals surface area contributed by atoms with Crippen molar-refractivity contribution in [3.8, 4) is 5.75 Å². The number of nitrogens with one attached hydrogen (secondary N) is 1. The van der Waals surface area contributed by atoms with Gasteiger partial charge in [0.25, 0.3) is 5.91 Å². The molecule has 6 heteroatoms. The SMILES string of the molecule is Cc1ccc(NC(=O)c2ccc(COc3ccc(F)cc3)o2)c(Br)c1. The number of hydrogen-bond acceptors (Lipinski definition) is 3. The highest BCUT2D eigenvalue weighted by Gasteiger charge is 2.13. The molecule has 0 aliphatic carbocycles. The second-order valence-electron chi connectivity index (χ2n) is 5.45. The first-order valence-corrected chi connectivity index (χ1v) is 8.35. The third-order valence-corrected chi connectivity index (χ3v) is 4.11. The molecular formula is C19H15BrFNO3. The number of hydrogen-bond donors (Lipinski definition) is 1. The molecule has 0 aliphatic heterocycles. The van der Waals surface area contributed by atoms with E-state index in [1.165, 1.54) is 24.3 Å². The molecule has 0 spiro atoms. The summed E-state index contributed by atoms with van der Waals surface area (Å²) in [6.07, 6.45) is 0. The molecular weight excluding hydrogens is 389 g/mol. The van der Waals surface area contributed by atoms with Crippen molar-refractivity contribution >= 4 is 27.5 Å². The van der Waals surface area contributed by atoms with Crippen LogP contribution < -0.4 is 10.1 Å². The molecule has 3 aromatic rings. The van der Waals surface area contributed by atoms with E-state index in [1.807, 2.05) is 25.1 Å². The van der Waals surface area contributed by atoms with Crippen molar-refractivity contribution in [1.29, 1.82) is 0 Å². The van der Waals surface area contributed by atoms with E-state index >= 15 is 0 Å². The molecule has 1 amide bonds. The van der Waals surface area contributed by atoms with Gasteiger partial charge in [-0.25, -0.2) is 4.39 Å². The highest BCUT2D eigenvalue weighted by atomic mass is 79.9. The van der Waals surface area contributed by atoms with Crippen molar-refractivity contribution in [2.45, 2.75) is 13.5 Å². The van der Waals surface area contributed by atoms with Crippen molar-refractivity contribution < 1.29 is 18.3 Å². The number of benzene rings is 2. The molecule has 128 valence electrons. The monoisotopic (exact) mass is 403 g/mol. The number of ether oxygens (including phenoxy) is 1. The zero-order chi connectivity index (χ0) is 17.8. The molecule has 0 saturated heterocycles. The molecule has 0 unspecified atom stereocenters. The topological polar surface area (TPSA) is 51.5 Å². The van der Waals surface area contributed by atoms with Gasteiger partial charge in [-0.15, -0.1) is 0 Å². The summed E-state index contributed by atoms with van der Waals surface area (Å²) in [5.41, 5.74) is 1.75. The van der Waals surface area contributed by atoms with Gasteiger partial charge in [0, 0.05) is 4.47 Å². The second kappa shape index (κ2) is 7.53. The van der Waals surface area contributed by atoms with E-state index in [4.69, 9.17) is 9.15 Å². The lowest BCUT2D eigenvalue weighted by Crippen LogP contribution is -2.11. The van der Waals surface area contributed by atoms with Crippen LogP contribution in [0.4, 0.5) is 10.1 Å². The molecule has 0 fully saturated rings. The summed E-state index contributed by atoms with van der Waals surface area (Å²) < 4.78 is 24.6. The minimum Gasteiger partial charge on any atom is -0.486 e. The summed E-state index contributed by atoms with van der Waals surface area (Å²) in [6, 6.07) is 14.6. The van der Waals surface area contributed by atoms with Crippen LogP contribution in [0.2, 0.25) is 0 Å². The van der Waals surface area contributed by atoms with Crippen molar-refractivity contribution in [1.82, 2.24) is 0 Å². The van der Waals surface area contributed by atoms with Gasteiger partial charge >= 0.3 is 0 Å². The summed E-state index contributed by atoms with van der Waals surface area (Å²) >= 11 is 3.42. The van der Waals surface area contributed by atoms with Gasteiger partial charge in [0.05, 0.1) is 5.69 Å². The molecule has 3 rings (SSSR count). The Morgan fingerprint density at radius 2 is 1.92 bits per heavy atom. The maximum Gasteiger partial charge on any atom is 0.291 e. The Balaban J connectivity index is 1.62. The van der Waals surface area contributed by atoms with Crippen LogP contribution in [-0.4, -0.2) is 5.91 Å². The smallest absolute Gasteiger partial charge is 0.291 e. The van der Waals surface area contributed by atoms with Gasteiger partial charge < -0.3 is 14.5 Å². The number of furan rings is 1. The van der Waals surface area contributed by atoms with Crippen molar-refractivity contribution in [3.05, 3.63) is 82.0 Å². The Morgan fingerprint density at radius 1 is 1.16 bits per heavy atom. The molecule has 25 heavy (non-hydrogen) atoms. The van der Waals surface area contributed by atoms with Crippen LogP contribution in [0.15, 0.2) is 63.5 Å². The summed E-state index contributed by atoms with van der Waals surface area (Å²) in [5, 5.41) is 2.79. The number of halogens is 2. The Kier molecular flexibility index (Phi) is 5.19. The van der Waals surface area contributed by atoms with Gasteiger partial charge in [-0.05, 0) is 76.9 Å². The maximum absolute atomic E-state index is 12.8. The van der Waals surface area contributed by atoms with E-state index < -0.39 is 0 Å². The quantitative estimate of drug-likeness (QED) is 0.626. The average molecular weight is 404 g/mol. The Hall–Kier alpha value is -2.60. The van der Waals surface area contributed by atoms with Crippen LogP contribution in [0.5, 0.6) is 5.75 Å². The first kappa shape index (κ1) is 17.2. The molecule has 0 bridgehead atoms. The fourth-order valence-electron chi connectivity index (χ4n) is 2.17. The maximum atomic E-state index is 12.8. The number of carbonyl (C=O) groups is 1. The molecule has 0 aliphatic rings. The number of aryl methyl sites for hydroxylation is 1. The third-order valence-electron chi connectivity index (χ3n) is 3.45. The Bertz CT molecular complexity index is 890. The van der Waals surface area contributed by atoms with E-state index in [-0.39, 0.29) is 24.1 Å². The molecule has 0 atom stereocenters. The van der Waals surface area contributed by atoms with E-state index in [9.17, 15) is 9.18 Å². The molecule has 1 N–H and O–H groups in total. The van der Waals surface area contributed by atoms with E-state index in [0.29, 0.717) is 17.2 Å². The van der Waals surface area contributed by atoms with Gasteiger partial charge in [0.15, 0.2) is 5.76 Å². The van der Waals surface area contributed by atoms with Gasteiger partial charge in [-0.1, -0.05) is 6.07 Å². The van der Waals surface area contributed by atoms with Crippen LogP contribution in [0, 0.1) is 12.7 Å². The average Bonchev–Trinajstić information content (AvgIpc) is 3.06. The van der Waals surface area contributed by atoms with E-state index in [2.05, 4.69) is 21.2 Å². The van der Waals surface area contributed by atoms with Gasteiger partial charge in [0.1, 0.15) is 23.9 Å². The van der Waals surface area contributed by atoms with E-state index in [0.717, 1.165) is 10.0 Å². The van der Waals surface area contributed by atoms with Crippen molar-refractivity contribution in [3.63, 3.8) is 0 Å². The molecule has 0 radical (unpaired) electrons. The minimum atomic E-state index is -0.349. The number of amides is 1. The summed E-state index contributed by atoms with van der Waals surface area (Å²) in [6.45, 7) is 2.11. The first-order chi connectivity index (χ1) is 12.0. The first-order valence-electron chi connectivity index (χ1n) is 7.56. The summed E-state index contributed by atoms with van der Waals surface area (Å²) in [4.78, 5) is 12.3. The highest BCUT2D eigenvalue weighted by Crippen LogP contribution is 2.24. The molecule has 2 aromatic carbocycles. The second-order valence-corrected chi connectivity index (χ2v) is 6.30. The molecule has 4 nitrogen and oxygen atoms in total. The van der Waals surface area contributed by atoms with Crippen LogP contribution >= 0.6 is 15.9 Å². The largest absolute Gasteiger partial charge is 0.486 e. The van der Waals surface area contributed by atoms with Gasteiger partial charge in [-0.3, -0.25) is 4.79 Å². The molecule has 0 saturated carbocycles. The van der Waals surface area contributed by atoms with Crippen LogP contribution in [-0.2, 0) is 6.61 Å². The fourth-order valence-corrected chi connectivity index (χ4v) is 2.76. The lowest BCUT2D eigenvalue weighted by molar-refractivity contribution is 0.0992. The number of rotatable bonds is 5.